The summed E-state index contributed by atoms with van der Waals surface area (Å²) in [5.74, 6) is -0.0485. The van der Waals surface area contributed by atoms with Crippen LogP contribution in [-0.4, -0.2) is 51.9 Å². The molecule has 0 saturated carbocycles. The molecule has 2 amide bonds. The second-order valence-electron chi connectivity index (χ2n) is 8.73. The number of nitrogens with zero attached hydrogens (tertiary/aromatic N) is 4. The number of amides is 2. The number of hydrogen-bond donors (Lipinski definition) is 3. The van der Waals surface area contributed by atoms with E-state index in [0.29, 0.717) is 46.7 Å². The fourth-order valence-corrected chi connectivity index (χ4v) is 4.03. The molecule has 3 N–H and O–H groups in total. The Morgan fingerprint density at radius 3 is 2.61 bits per heavy atom. The van der Waals surface area contributed by atoms with E-state index >= 15 is 0 Å². The summed E-state index contributed by atoms with van der Waals surface area (Å²) in [6.07, 6.45) is 3.88. The van der Waals surface area contributed by atoms with Gasteiger partial charge in [0.2, 0.25) is 17.8 Å². The van der Waals surface area contributed by atoms with E-state index in [-0.39, 0.29) is 11.8 Å². The van der Waals surface area contributed by atoms with Gasteiger partial charge in [0.25, 0.3) is 0 Å². The normalized spacial score (nSPS) is 11.1. The largest absolute Gasteiger partial charge is 0.350 e. The van der Waals surface area contributed by atoms with Crippen LogP contribution in [0.25, 0.3) is 22.2 Å². The highest BCUT2D eigenvalue weighted by Gasteiger charge is 2.15. The predicted octanol–water partition coefficient (Wildman–Crippen LogP) is 4.88. The third kappa shape index (κ3) is 5.81. The van der Waals surface area contributed by atoms with Gasteiger partial charge in [0.15, 0.2) is 0 Å². The lowest BCUT2D eigenvalue weighted by atomic mass is 10.1. The molecule has 10 heteroatoms. The van der Waals surface area contributed by atoms with Crippen molar-refractivity contribution in [3.8, 4) is 11.3 Å². The van der Waals surface area contributed by atoms with Crippen molar-refractivity contribution < 1.29 is 9.59 Å². The van der Waals surface area contributed by atoms with Crippen LogP contribution >= 0.6 is 11.6 Å². The summed E-state index contributed by atoms with van der Waals surface area (Å²) >= 11 is 6.49. The summed E-state index contributed by atoms with van der Waals surface area (Å²) in [6, 6.07) is 13.3. The molecule has 0 aliphatic heterocycles. The number of anilines is 4. The summed E-state index contributed by atoms with van der Waals surface area (Å²) in [7, 11) is 5.78. The van der Waals surface area contributed by atoms with E-state index in [1.807, 2.05) is 61.1 Å². The number of para-hydroxylation sites is 1. The van der Waals surface area contributed by atoms with E-state index in [9.17, 15) is 9.59 Å². The van der Waals surface area contributed by atoms with Gasteiger partial charge in [-0.1, -0.05) is 29.8 Å². The fraction of sp³-hybridized carbons (Fsp3) is 0.231. The predicted molar refractivity (Wildman–Crippen MR) is 145 cm³/mol. The number of aryl methyl sites for hydroxylation is 1. The molecule has 2 aromatic carbocycles. The van der Waals surface area contributed by atoms with Gasteiger partial charge in [0.1, 0.15) is 0 Å². The first-order valence-electron chi connectivity index (χ1n) is 11.4. The minimum Gasteiger partial charge on any atom is -0.350 e. The van der Waals surface area contributed by atoms with Crippen LogP contribution in [-0.2, 0) is 16.6 Å². The number of hydrogen-bond acceptors (Lipinski definition) is 6. The van der Waals surface area contributed by atoms with Gasteiger partial charge in [-0.2, -0.15) is 0 Å². The van der Waals surface area contributed by atoms with Crippen LogP contribution in [0.4, 0.5) is 23.0 Å². The van der Waals surface area contributed by atoms with E-state index in [1.165, 1.54) is 6.92 Å². The van der Waals surface area contributed by atoms with Crippen molar-refractivity contribution >= 4 is 57.3 Å². The van der Waals surface area contributed by atoms with Crippen molar-refractivity contribution in [2.45, 2.75) is 13.3 Å². The molecule has 0 aliphatic carbocycles. The molecule has 0 atom stereocenters. The van der Waals surface area contributed by atoms with E-state index in [1.54, 1.807) is 24.4 Å². The topological polar surface area (TPSA) is 104 Å². The Bertz CT molecular complexity index is 1430. The molecule has 0 saturated heterocycles. The summed E-state index contributed by atoms with van der Waals surface area (Å²) in [6.45, 7) is 2.03. The Hall–Kier alpha value is -3.95. The summed E-state index contributed by atoms with van der Waals surface area (Å²) in [5, 5.41) is 10.3. The van der Waals surface area contributed by atoms with Crippen LogP contribution in [0.2, 0.25) is 5.02 Å². The summed E-state index contributed by atoms with van der Waals surface area (Å²) < 4.78 is 2.03. The molecule has 4 aromatic rings. The lowest BCUT2D eigenvalue weighted by Crippen LogP contribution is -2.21. The van der Waals surface area contributed by atoms with Gasteiger partial charge < -0.3 is 25.4 Å². The molecule has 0 fully saturated rings. The van der Waals surface area contributed by atoms with Crippen molar-refractivity contribution in [3.63, 3.8) is 0 Å². The molecule has 0 spiro atoms. The average Bonchev–Trinajstić information content (AvgIpc) is 3.17. The van der Waals surface area contributed by atoms with Crippen LogP contribution < -0.4 is 16.0 Å². The first-order valence-corrected chi connectivity index (χ1v) is 11.8. The monoisotopic (exact) mass is 505 g/mol. The van der Waals surface area contributed by atoms with Crippen LogP contribution in [0.5, 0.6) is 0 Å². The number of rotatable bonds is 8. The zero-order chi connectivity index (χ0) is 25.8. The van der Waals surface area contributed by atoms with Crippen LogP contribution in [0.3, 0.4) is 0 Å². The smallest absolute Gasteiger partial charge is 0.227 e. The van der Waals surface area contributed by atoms with Gasteiger partial charge >= 0.3 is 0 Å². The number of carbonyl (C=O) groups excluding carboxylic acids is 2. The highest BCUT2D eigenvalue weighted by molar-refractivity contribution is 6.33. The fourth-order valence-electron chi connectivity index (χ4n) is 3.84. The molecule has 0 aliphatic rings. The highest BCUT2D eigenvalue weighted by atomic mass is 35.5. The van der Waals surface area contributed by atoms with Crippen molar-refractivity contribution in [3.05, 3.63) is 59.9 Å². The number of nitrogens with one attached hydrogen (secondary N) is 3. The van der Waals surface area contributed by atoms with Crippen molar-refractivity contribution in [2.24, 2.45) is 7.05 Å². The van der Waals surface area contributed by atoms with Gasteiger partial charge in [-0.05, 0) is 38.4 Å². The van der Waals surface area contributed by atoms with E-state index in [2.05, 4.69) is 25.9 Å². The summed E-state index contributed by atoms with van der Waals surface area (Å²) in [4.78, 5) is 35.1. The first kappa shape index (κ1) is 25.2. The lowest BCUT2D eigenvalue weighted by Gasteiger charge is -2.15. The standard InChI is InChI=1S/C26H28ClN7O2/c1-16(35)29-22-13-17(9-10-21(22)31-24(36)11-12-33(2)3)30-26-28-14-20(27)25(32-26)19-15-34(4)23-8-6-5-7-18(19)23/h5-10,13-15H,11-12H2,1-4H3,(H,29,35)(H,31,36)(H,28,30,32). The molecule has 36 heavy (non-hydrogen) atoms. The van der Waals surface area contributed by atoms with E-state index < -0.39 is 0 Å². The number of halogens is 1. The maximum atomic E-state index is 12.3. The second kappa shape index (κ2) is 10.8. The van der Waals surface area contributed by atoms with Gasteiger partial charge in [0.05, 0.1) is 28.3 Å². The van der Waals surface area contributed by atoms with Crippen LogP contribution in [0, 0.1) is 0 Å². The average molecular weight is 506 g/mol. The van der Waals surface area contributed by atoms with Crippen LogP contribution in [0.1, 0.15) is 13.3 Å². The van der Waals surface area contributed by atoms with Crippen molar-refractivity contribution in [1.82, 2.24) is 19.4 Å². The quantitative estimate of drug-likeness (QED) is 0.315. The third-order valence-corrected chi connectivity index (χ3v) is 5.82. The molecular weight excluding hydrogens is 478 g/mol. The number of aromatic nitrogens is 3. The SMILES string of the molecule is CC(=O)Nc1cc(Nc2ncc(Cl)c(-c3cn(C)c4ccccc34)n2)ccc1NC(=O)CCN(C)C. The molecule has 9 nitrogen and oxygen atoms in total. The molecule has 0 unspecified atom stereocenters. The Balaban J connectivity index is 1.61. The Kier molecular flexibility index (Phi) is 7.52. The first-order chi connectivity index (χ1) is 17.2. The van der Waals surface area contributed by atoms with Crippen molar-refractivity contribution in [2.75, 3.05) is 36.6 Å². The van der Waals surface area contributed by atoms with E-state index in [4.69, 9.17) is 11.6 Å². The minimum absolute atomic E-state index is 0.142. The Labute approximate surface area is 214 Å². The van der Waals surface area contributed by atoms with E-state index in [0.717, 1.165) is 16.5 Å². The third-order valence-electron chi connectivity index (χ3n) is 5.54. The molecule has 0 radical (unpaired) electrons. The van der Waals surface area contributed by atoms with Crippen LogP contribution in [0.15, 0.2) is 54.9 Å². The number of benzene rings is 2. The highest BCUT2D eigenvalue weighted by Crippen LogP contribution is 2.34. The maximum Gasteiger partial charge on any atom is 0.227 e. The molecular formula is C26H28ClN7O2. The molecule has 0 bridgehead atoms. The zero-order valence-corrected chi connectivity index (χ0v) is 21.3. The number of fused-ring (bicyclic) bond motifs is 1. The molecule has 2 heterocycles. The Morgan fingerprint density at radius 1 is 1.08 bits per heavy atom. The minimum atomic E-state index is -0.253. The van der Waals surface area contributed by atoms with Gasteiger partial charge in [-0.15, -0.1) is 0 Å². The number of carbonyl (C=O) groups is 2. The lowest BCUT2D eigenvalue weighted by molar-refractivity contribution is -0.116. The molecule has 2 aromatic heterocycles. The molecule has 186 valence electrons. The zero-order valence-electron chi connectivity index (χ0n) is 20.6. The Morgan fingerprint density at radius 2 is 1.86 bits per heavy atom. The van der Waals surface area contributed by atoms with Gasteiger partial charge in [0, 0.05) is 55.3 Å². The van der Waals surface area contributed by atoms with Crippen molar-refractivity contribution in [1.29, 1.82) is 0 Å². The van der Waals surface area contributed by atoms with Gasteiger partial charge in [-0.25, -0.2) is 9.97 Å². The maximum absolute atomic E-state index is 12.3. The second-order valence-corrected chi connectivity index (χ2v) is 9.14. The molecule has 4 rings (SSSR count). The summed E-state index contributed by atoms with van der Waals surface area (Å²) in [5.41, 5.74) is 4.19. The van der Waals surface area contributed by atoms with Gasteiger partial charge in [-0.3, -0.25) is 9.59 Å².